The maximum absolute atomic E-state index is 12.1. The Hall–Kier alpha value is -1.69. The molecule has 5 nitrogen and oxygen atoms in total. The van der Waals surface area contributed by atoms with Crippen LogP contribution in [0.4, 0.5) is 0 Å². The number of rotatable bonds is 3. The minimum atomic E-state index is -1.11. The van der Waals surface area contributed by atoms with E-state index >= 15 is 0 Å². The van der Waals surface area contributed by atoms with Crippen molar-refractivity contribution in [1.82, 2.24) is 0 Å². The molecule has 1 aliphatic heterocycles. The Morgan fingerprint density at radius 1 is 1.41 bits per heavy atom. The van der Waals surface area contributed by atoms with E-state index in [1.165, 1.54) is 6.21 Å². The summed E-state index contributed by atoms with van der Waals surface area (Å²) in [5.41, 5.74) is 0.419. The Labute approximate surface area is 138 Å². The maximum Gasteiger partial charge on any atom is 0.381 e. The second kappa shape index (κ2) is 6.20. The van der Waals surface area contributed by atoms with Crippen LogP contribution >= 0.6 is 15.9 Å². The third-order valence-corrected chi connectivity index (χ3v) is 3.90. The normalized spacial score (nSPS) is 21.6. The van der Waals surface area contributed by atoms with Crippen LogP contribution in [0.15, 0.2) is 39.0 Å². The summed E-state index contributed by atoms with van der Waals surface area (Å²) in [6.45, 7) is 7.74. The molecular formula is C16H19BrN2O3. The van der Waals surface area contributed by atoms with Crippen molar-refractivity contribution in [3.05, 3.63) is 34.3 Å². The third kappa shape index (κ3) is 3.94. The molecule has 0 bridgehead atoms. The van der Waals surface area contributed by atoms with Gasteiger partial charge in [0.05, 0.1) is 11.9 Å². The van der Waals surface area contributed by atoms with Crippen LogP contribution in [-0.4, -0.2) is 23.5 Å². The first-order chi connectivity index (χ1) is 10.2. The zero-order valence-corrected chi connectivity index (χ0v) is 14.7. The Morgan fingerprint density at radius 2 is 2.05 bits per heavy atom. The summed E-state index contributed by atoms with van der Waals surface area (Å²) in [5.74, 6) is -0.552. The van der Waals surface area contributed by atoms with Crippen LogP contribution in [0.25, 0.3) is 0 Å². The van der Waals surface area contributed by atoms with Gasteiger partial charge in [0.2, 0.25) is 5.60 Å². The average molecular weight is 367 g/mol. The van der Waals surface area contributed by atoms with Crippen LogP contribution in [0.5, 0.6) is 0 Å². The minimum Gasteiger partial charge on any atom is -0.377 e. The first-order valence-corrected chi connectivity index (χ1v) is 7.76. The summed E-state index contributed by atoms with van der Waals surface area (Å²) in [6.07, 6.45) is 1.89. The summed E-state index contributed by atoms with van der Waals surface area (Å²) < 4.78 is 0.973. The number of halogens is 1. The summed E-state index contributed by atoms with van der Waals surface area (Å²) in [5, 5.41) is 7.74. The number of hydrogen-bond donors (Lipinski definition) is 0. The van der Waals surface area contributed by atoms with Crippen LogP contribution in [0.2, 0.25) is 0 Å². The number of carbonyl (C=O) groups excluding carboxylic acids is 1. The highest BCUT2D eigenvalue weighted by molar-refractivity contribution is 9.10. The highest BCUT2D eigenvalue weighted by Crippen LogP contribution is 2.32. The lowest BCUT2D eigenvalue weighted by molar-refractivity contribution is -0.167. The van der Waals surface area contributed by atoms with Crippen LogP contribution in [0.1, 0.15) is 39.7 Å². The topological polar surface area (TPSA) is 60.2 Å². The number of nitrogens with zero attached hydrogens (tertiary/aromatic N) is 2. The van der Waals surface area contributed by atoms with Crippen molar-refractivity contribution in [2.75, 3.05) is 0 Å². The van der Waals surface area contributed by atoms with Gasteiger partial charge in [-0.3, -0.25) is 0 Å². The molecule has 0 radical (unpaired) electrons. The molecule has 22 heavy (non-hydrogen) atoms. The van der Waals surface area contributed by atoms with E-state index in [0.29, 0.717) is 6.42 Å². The summed E-state index contributed by atoms with van der Waals surface area (Å²) in [4.78, 5) is 22.4. The van der Waals surface area contributed by atoms with Crippen LogP contribution in [0, 0.1) is 5.41 Å². The van der Waals surface area contributed by atoms with Gasteiger partial charge in [-0.25, -0.2) is 4.79 Å². The molecule has 2 rings (SSSR count). The molecule has 0 spiro atoms. The zero-order valence-electron chi connectivity index (χ0n) is 13.1. The van der Waals surface area contributed by atoms with Gasteiger partial charge in [0.1, 0.15) is 0 Å². The molecule has 0 aliphatic carbocycles. The maximum atomic E-state index is 12.1. The van der Waals surface area contributed by atoms with Gasteiger partial charge in [0.15, 0.2) is 0 Å². The van der Waals surface area contributed by atoms with Gasteiger partial charge < -0.3 is 9.68 Å². The zero-order chi connectivity index (χ0) is 16.4. The quantitative estimate of drug-likeness (QED) is 0.462. The largest absolute Gasteiger partial charge is 0.381 e. The SMILES string of the molecule is CC(C)(C)C1=NOC(C)(C(=O)O/N=C/c2ccc(Br)cc2)C1. The second-order valence-corrected chi connectivity index (χ2v) is 7.37. The molecule has 1 aliphatic rings. The fourth-order valence-corrected chi connectivity index (χ4v) is 2.10. The lowest BCUT2D eigenvalue weighted by Crippen LogP contribution is -2.37. The molecular weight excluding hydrogens is 348 g/mol. The fourth-order valence-electron chi connectivity index (χ4n) is 1.83. The van der Waals surface area contributed by atoms with E-state index in [2.05, 4.69) is 26.2 Å². The van der Waals surface area contributed by atoms with Gasteiger partial charge >= 0.3 is 5.97 Å². The van der Waals surface area contributed by atoms with E-state index in [1.54, 1.807) is 6.92 Å². The predicted molar refractivity (Wildman–Crippen MR) is 88.8 cm³/mol. The number of carbonyl (C=O) groups is 1. The highest BCUT2D eigenvalue weighted by Gasteiger charge is 2.46. The van der Waals surface area contributed by atoms with E-state index in [-0.39, 0.29) is 5.41 Å². The van der Waals surface area contributed by atoms with Gasteiger partial charge in [-0.2, -0.15) is 0 Å². The lowest BCUT2D eigenvalue weighted by atomic mass is 9.84. The van der Waals surface area contributed by atoms with Crippen molar-refractivity contribution in [3.63, 3.8) is 0 Å². The Balaban J connectivity index is 1.94. The molecule has 1 unspecified atom stereocenters. The minimum absolute atomic E-state index is 0.140. The molecule has 1 atom stereocenters. The van der Waals surface area contributed by atoms with Crippen LogP contribution in [-0.2, 0) is 14.5 Å². The van der Waals surface area contributed by atoms with Crippen molar-refractivity contribution in [2.24, 2.45) is 15.7 Å². The highest BCUT2D eigenvalue weighted by atomic mass is 79.9. The monoisotopic (exact) mass is 366 g/mol. The van der Waals surface area contributed by atoms with E-state index in [0.717, 1.165) is 15.7 Å². The van der Waals surface area contributed by atoms with Crippen LogP contribution in [0.3, 0.4) is 0 Å². The Kier molecular flexibility index (Phi) is 4.70. The van der Waals surface area contributed by atoms with E-state index in [9.17, 15) is 4.79 Å². The lowest BCUT2D eigenvalue weighted by Gasteiger charge is -2.20. The second-order valence-electron chi connectivity index (χ2n) is 6.45. The molecule has 1 aromatic rings. The first-order valence-electron chi connectivity index (χ1n) is 6.97. The van der Waals surface area contributed by atoms with Gasteiger partial charge in [0, 0.05) is 16.3 Å². The van der Waals surface area contributed by atoms with Gasteiger partial charge in [-0.1, -0.05) is 59.1 Å². The molecule has 6 heteroatoms. The van der Waals surface area contributed by atoms with Crippen molar-refractivity contribution >= 4 is 33.8 Å². The average Bonchev–Trinajstić information content (AvgIpc) is 2.85. The van der Waals surface area contributed by atoms with E-state index in [1.807, 2.05) is 45.0 Å². The molecule has 0 saturated heterocycles. The number of hydrogen-bond acceptors (Lipinski definition) is 5. The molecule has 1 aromatic carbocycles. The molecule has 0 N–H and O–H groups in total. The van der Waals surface area contributed by atoms with Gasteiger partial charge in [-0.05, 0) is 24.6 Å². The summed E-state index contributed by atoms with van der Waals surface area (Å²) in [6, 6.07) is 7.48. The van der Waals surface area contributed by atoms with Crippen LogP contribution < -0.4 is 0 Å². The van der Waals surface area contributed by atoms with E-state index < -0.39 is 11.6 Å². The Bertz CT molecular complexity index is 617. The fraction of sp³-hybridized carbons (Fsp3) is 0.438. The molecule has 0 saturated carbocycles. The smallest absolute Gasteiger partial charge is 0.377 e. The summed E-state index contributed by atoms with van der Waals surface area (Å²) >= 11 is 3.35. The van der Waals surface area contributed by atoms with Crippen molar-refractivity contribution < 1.29 is 14.5 Å². The molecule has 0 aromatic heterocycles. The van der Waals surface area contributed by atoms with Gasteiger partial charge in [0.25, 0.3) is 0 Å². The van der Waals surface area contributed by atoms with Crippen molar-refractivity contribution in [1.29, 1.82) is 0 Å². The Morgan fingerprint density at radius 3 is 2.59 bits per heavy atom. The summed E-state index contributed by atoms with van der Waals surface area (Å²) in [7, 11) is 0. The van der Waals surface area contributed by atoms with E-state index in [4.69, 9.17) is 9.68 Å². The van der Waals surface area contributed by atoms with Gasteiger partial charge in [-0.15, -0.1) is 0 Å². The molecule has 118 valence electrons. The number of benzene rings is 1. The molecule has 0 amide bonds. The molecule has 1 heterocycles. The standard InChI is InChI=1S/C16H19BrN2O3/c1-15(2,3)13-9-16(4,22-19-13)14(20)21-18-10-11-5-7-12(17)8-6-11/h5-8,10H,9H2,1-4H3/b18-10+. The first kappa shape index (κ1) is 16.7. The number of oxime groups is 2. The predicted octanol–water partition coefficient (Wildman–Crippen LogP) is 3.91. The van der Waals surface area contributed by atoms with Crippen molar-refractivity contribution in [3.8, 4) is 0 Å². The van der Waals surface area contributed by atoms with Crippen molar-refractivity contribution in [2.45, 2.75) is 39.7 Å². The third-order valence-electron chi connectivity index (χ3n) is 3.37. The molecule has 0 fully saturated rings.